The molecule has 1 N–H and O–H groups in total. The van der Waals surface area contributed by atoms with Gasteiger partial charge in [-0.05, 0) is 43.4 Å². The summed E-state index contributed by atoms with van der Waals surface area (Å²) < 4.78 is 41.4. The molecule has 0 unspecified atom stereocenters. The fourth-order valence-corrected chi connectivity index (χ4v) is 5.79. The van der Waals surface area contributed by atoms with Crippen molar-refractivity contribution >= 4 is 43.9 Å². The van der Waals surface area contributed by atoms with Gasteiger partial charge in [0.05, 0.1) is 38.8 Å². The van der Waals surface area contributed by atoms with E-state index in [0.29, 0.717) is 16.3 Å². The fourth-order valence-electron chi connectivity index (χ4n) is 3.64. The number of carbonyl (C=O) groups excluding carboxylic acids is 2. The molecule has 0 fully saturated rings. The lowest BCUT2D eigenvalue weighted by molar-refractivity contribution is -0.114. The number of fused-ring (bicyclic) bond motifs is 1. The van der Waals surface area contributed by atoms with E-state index in [9.17, 15) is 18.0 Å². The number of hydrogen-bond acceptors (Lipinski definition) is 8. The van der Waals surface area contributed by atoms with Gasteiger partial charge in [0.25, 0.3) is 0 Å². The van der Waals surface area contributed by atoms with Crippen LogP contribution in [0.5, 0.6) is 11.5 Å². The molecule has 0 saturated carbocycles. The summed E-state index contributed by atoms with van der Waals surface area (Å²) >= 11 is 1.33. The summed E-state index contributed by atoms with van der Waals surface area (Å²) in [5.41, 5.74) is 1.46. The molecular weight excluding hydrogens is 456 g/mol. The summed E-state index contributed by atoms with van der Waals surface area (Å²) in [4.78, 5) is 26.4. The number of aryl methyl sites for hydroxylation is 1. The second kappa shape index (κ2) is 9.78. The number of benzene rings is 1. The largest absolute Gasteiger partial charge is 0.497 e. The first-order valence-electron chi connectivity index (χ1n) is 9.92. The molecule has 1 aliphatic carbocycles. The van der Waals surface area contributed by atoms with Crippen molar-refractivity contribution in [3.05, 3.63) is 34.2 Å². The zero-order valence-corrected chi connectivity index (χ0v) is 20.0. The molecule has 9 nitrogen and oxygen atoms in total. The maximum Gasteiger partial charge on any atom is 0.341 e. The molecule has 1 aliphatic rings. The third-order valence-corrected chi connectivity index (χ3v) is 7.49. The minimum atomic E-state index is -3.83. The van der Waals surface area contributed by atoms with Gasteiger partial charge in [-0.3, -0.25) is 9.10 Å². The lowest BCUT2D eigenvalue weighted by atomic mass is 9.95. The Kier molecular flexibility index (Phi) is 7.29. The van der Waals surface area contributed by atoms with Crippen molar-refractivity contribution in [1.29, 1.82) is 0 Å². The average Bonchev–Trinajstić information content (AvgIpc) is 3.13. The SMILES string of the molecule is COC(=O)c1c(NC(=O)CN(c2ccc(OC)cc2OC)S(C)(=O)=O)sc2c1CCCC2. The predicted octanol–water partition coefficient (Wildman–Crippen LogP) is 2.84. The molecule has 1 amide bonds. The standard InChI is InChI=1S/C21H26N2O7S2/c1-28-13-9-10-15(16(11-13)29-2)23(32(4,26)27)12-18(24)22-20-19(21(25)30-3)14-7-5-6-8-17(14)31-20/h9-11H,5-8,12H2,1-4H3,(H,22,24). The van der Waals surface area contributed by atoms with E-state index in [0.717, 1.165) is 46.7 Å². The molecule has 0 atom stereocenters. The van der Waals surface area contributed by atoms with Crippen LogP contribution in [0.15, 0.2) is 18.2 Å². The monoisotopic (exact) mass is 482 g/mol. The number of nitrogens with zero attached hydrogens (tertiary/aromatic N) is 1. The number of thiophene rings is 1. The molecule has 0 spiro atoms. The molecule has 3 rings (SSSR count). The van der Waals surface area contributed by atoms with Crippen molar-refractivity contribution < 1.29 is 32.2 Å². The summed E-state index contributed by atoms with van der Waals surface area (Å²) in [6.07, 6.45) is 4.55. The number of carbonyl (C=O) groups is 2. The normalized spacial score (nSPS) is 13.1. The molecule has 0 radical (unpaired) electrons. The Bertz CT molecular complexity index is 1130. The highest BCUT2D eigenvalue weighted by Gasteiger charge is 2.29. The van der Waals surface area contributed by atoms with Crippen LogP contribution in [0.2, 0.25) is 0 Å². The van der Waals surface area contributed by atoms with E-state index in [1.54, 1.807) is 6.07 Å². The first-order chi connectivity index (χ1) is 15.2. The molecule has 1 heterocycles. The average molecular weight is 483 g/mol. The topological polar surface area (TPSA) is 111 Å². The van der Waals surface area contributed by atoms with Crippen LogP contribution in [0.25, 0.3) is 0 Å². The van der Waals surface area contributed by atoms with Crippen LogP contribution in [-0.2, 0) is 32.4 Å². The van der Waals surface area contributed by atoms with E-state index in [-0.39, 0.29) is 11.4 Å². The zero-order chi connectivity index (χ0) is 23.5. The number of methoxy groups -OCH3 is 3. The Morgan fingerprint density at radius 2 is 1.84 bits per heavy atom. The number of nitrogens with one attached hydrogen (secondary N) is 1. The van der Waals surface area contributed by atoms with E-state index in [1.807, 2.05) is 0 Å². The summed E-state index contributed by atoms with van der Waals surface area (Å²) in [7, 11) is 0.349. The predicted molar refractivity (Wildman–Crippen MR) is 123 cm³/mol. The van der Waals surface area contributed by atoms with Crippen LogP contribution in [0.3, 0.4) is 0 Å². The fraction of sp³-hybridized carbons (Fsp3) is 0.429. The van der Waals surface area contributed by atoms with Crippen molar-refractivity contribution in [2.24, 2.45) is 0 Å². The Morgan fingerprint density at radius 1 is 1.12 bits per heavy atom. The number of esters is 1. The molecule has 1 aromatic carbocycles. The number of anilines is 2. The van der Waals surface area contributed by atoms with Gasteiger partial charge in [-0.25, -0.2) is 13.2 Å². The first-order valence-corrected chi connectivity index (χ1v) is 12.6. The van der Waals surface area contributed by atoms with Crippen molar-refractivity contribution in [1.82, 2.24) is 0 Å². The van der Waals surface area contributed by atoms with Gasteiger partial charge < -0.3 is 19.5 Å². The molecule has 1 aromatic heterocycles. The maximum atomic E-state index is 12.9. The van der Waals surface area contributed by atoms with E-state index < -0.39 is 28.4 Å². The van der Waals surface area contributed by atoms with Gasteiger partial charge in [0.1, 0.15) is 23.0 Å². The molecular formula is C21H26N2O7S2. The van der Waals surface area contributed by atoms with Crippen LogP contribution in [0.1, 0.15) is 33.6 Å². The number of rotatable bonds is 8. The van der Waals surface area contributed by atoms with Gasteiger partial charge in [-0.15, -0.1) is 11.3 Å². The van der Waals surface area contributed by atoms with Crippen LogP contribution < -0.4 is 19.1 Å². The number of sulfonamides is 1. The van der Waals surface area contributed by atoms with Gasteiger partial charge in [0.2, 0.25) is 15.9 Å². The molecule has 32 heavy (non-hydrogen) atoms. The second-order valence-corrected chi connectivity index (χ2v) is 10.3. The van der Waals surface area contributed by atoms with Crippen LogP contribution in [-0.4, -0.2) is 54.4 Å². The van der Waals surface area contributed by atoms with E-state index >= 15 is 0 Å². The van der Waals surface area contributed by atoms with Crippen molar-refractivity contribution in [2.45, 2.75) is 25.7 Å². The van der Waals surface area contributed by atoms with Gasteiger partial charge in [-0.2, -0.15) is 0 Å². The van der Waals surface area contributed by atoms with E-state index in [1.165, 1.54) is 44.8 Å². The Balaban J connectivity index is 1.91. The van der Waals surface area contributed by atoms with Crippen molar-refractivity contribution in [3.63, 3.8) is 0 Å². The number of ether oxygens (including phenoxy) is 3. The molecule has 11 heteroatoms. The third-order valence-electron chi connectivity index (χ3n) is 5.16. The lowest BCUT2D eigenvalue weighted by Crippen LogP contribution is -2.37. The highest BCUT2D eigenvalue weighted by Crippen LogP contribution is 2.39. The van der Waals surface area contributed by atoms with Crippen molar-refractivity contribution in [2.75, 3.05) is 43.8 Å². The van der Waals surface area contributed by atoms with Gasteiger partial charge in [-0.1, -0.05) is 0 Å². The summed E-state index contributed by atoms with van der Waals surface area (Å²) in [6.45, 7) is -0.495. The second-order valence-electron chi connectivity index (χ2n) is 7.26. The quantitative estimate of drug-likeness (QED) is 0.576. The van der Waals surface area contributed by atoms with Gasteiger partial charge >= 0.3 is 5.97 Å². The van der Waals surface area contributed by atoms with Crippen LogP contribution in [0, 0.1) is 0 Å². The van der Waals surface area contributed by atoms with E-state index in [4.69, 9.17) is 14.2 Å². The molecule has 2 aromatic rings. The first kappa shape index (κ1) is 23.9. The summed E-state index contributed by atoms with van der Waals surface area (Å²) in [5.74, 6) is -0.381. The van der Waals surface area contributed by atoms with E-state index in [2.05, 4.69) is 5.32 Å². The summed E-state index contributed by atoms with van der Waals surface area (Å²) in [5, 5.41) is 3.10. The molecule has 0 aliphatic heterocycles. The lowest BCUT2D eigenvalue weighted by Gasteiger charge is -2.24. The highest BCUT2D eigenvalue weighted by molar-refractivity contribution is 7.92. The van der Waals surface area contributed by atoms with Gasteiger partial charge in [0.15, 0.2) is 0 Å². The maximum absolute atomic E-state index is 12.9. The smallest absolute Gasteiger partial charge is 0.341 e. The Hall–Kier alpha value is -2.79. The minimum absolute atomic E-state index is 0.199. The molecule has 174 valence electrons. The molecule has 0 bridgehead atoms. The van der Waals surface area contributed by atoms with Crippen molar-refractivity contribution in [3.8, 4) is 11.5 Å². The highest BCUT2D eigenvalue weighted by atomic mass is 32.2. The Labute approximate surface area is 191 Å². The van der Waals surface area contributed by atoms with Crippen LogP contribution in [0.4, 0.5) is 10.7 Å². The minimum Gasteiger partial charge on any atom is -0.497 e. The number of amides is 1. The third kappa shape index (κ3) is 4.99. The molecule has 0 saturated heterocycles. The zero-order valence-electron chi connectivity index (χ0n) is 18.4. The number of hydrogen-bond donors (Lipinski definition) is 1. The summed E-state index contributed by atoms with van der Waals surface area (Å²) in [6, 6.07) is 4.63. The van der Waals surface area contributed by atoms with Crippen LogP contribution >= 0.6 is 11.3 Å². The Morgan fingerprint density at radius 3 is 2.47 bits per heavy atom. The van der Waals surface area contributed by atoms with Gasteiger partial charge in [0, 0.05) is 10.9 Å².